The van der Waals surface area contributed by atoms with E-state index < -0.39 is 0 Å². The van der Waals surface area contributed by atoms with E-state index in [0.717, 1.165) is 48.4 Å². The maximum absolute atomic E-state index is 6.00. The van der Waals surface area contributed by atoms with Crippen molar-refractivity contribution < 1.29 is 9.47 Å². The molecule has 1 aliphatic rings. The highest BCUT2D eigenvalue weighted by Gasteiger charge is 2.25. The van der Waals surface area contributed by atoms with Crippen LogP contribution in [0.25, 0.3) is 0 Å². The molecule has 1 atom stereocenters. The Balaban J connectivity index is 1.80. The maximum atomic E-state index is 6.00. The molecular weight excluding hydrogens is 342 g/mol. The van der Waals surface area contributed by atoms with E-state index in [1.807, 2.05) is 17.7 Å². The third-order valence-electron chi connectivity index (χ3n) is 4.67. The molecule has 1 unspecified atom stereocenters. The molecule has 1 saturated heterocycles. The second-order valence-corrected chi connectivity index (χ2v) is 8.27. The molecular formula is C20H31N5O2. The van der Waals surface area contributed by atoms with Gasteiger partial charge in [-0.25, -0.2) is 9.97 Å². The first kappa shape index (κ1) is 19.8. The lowest BCUT2D eigenvalue weighted by molar-refractivity contribution is 0.0267. The second-order valence-electron chi connectivity index (χ2n) is 8.27. The van der Waals surface area contributed by atoms with Crippen LogP contribution in [0.1, 0.15) is 43.7 Å². The molecule has 148 valence electrons. The Morgan fingerprint density at radius 2 is 2.00 bits per heavy atom. The average molecular weight is 374 g/mol. The minimum atomic E-state index is -0.117. The van der Waals surface area contributed by atoms with E-state index in [-0.39, 0.29) is 11.5 Å². The van der Waals surface area contributed by atoms with Crippen molar-refractivity contribution in [3.63, 3.8) is 0 Å². The number of methoxy groups -OCH3 is 1. The summed E-state index contributed by atoms with van der Waals surface area (Å²) in [5.41, 5.74) is 2.99. The van der Waals surface area contributed by atoms with Gasteiger partial charge in [-0.15, -0.1) is 0 Å². The minimum Gasteiger partial charge on any atom is -0.378 e. The molecule has 2 aromatic heterocycles. The van der Waals surface area contributed by atoms with Crippen molar-refractivity contribution in [2.75, 3.05) is 31.7 Å². The molecule has 0 spiro atoms. The van der Waals surface area contributed by atoms with Crippen molar-refractivity contribution in [3.8, 4) is 0 Å². The first-order valence-electron chi connectivity index (χ1n) is 9.51. The van der Waals surface area contributed by atoms with Gasteiger partial charge in [0, 0.05) is 37.4 Å². The molecule has 0 bridgehead atoms. The van der Waals surface area contributed by atoms with Crippen LogP contribution >= 0.6 is 0 Å². The minimum absolute atomic E-state index is 0.0793. The highest BCUT2D eigenvalue weighted by Crippen LogP contribution is 2.24. The van der Waals surface area contributed by atoms with E-state index in [9.17, 15) is 0 Å². The van der Waals surface area contributed by atoms with Gasteiger partial charge in [0.2, 0.25) is 0 Å². The van der Waals surface area contributed by atoms with Crippen LogP contribution in [0.15, 0.2) is 12.1 Å². The fraction of sp³-hybridized carbons (Fsp3) is 0.650. The van der Waals surface area contributed by atoms with Crippen molar-refractivity contribution in [1.29, 1.82) is 0 Å². The predicted molar refractivity (Wildman–Crippen MR) is 105 cm³/mol. The summed E-state index contributed by atoms with van der Waals surface area (Å²) in [6.45, 7) is 14.0. The van der Waals surface area contributed by atoms with Gasteiger partial charge in [-0.1, -0.05) is 20.8 Å². The molecule has 0 radical (unpaired) electrons. The highest BCUT2D eigenvalue weighted by molar-refractivity contribution is 5.41. The monoisotopic (exact) mass is 373 g/mol. The Hall–Kier alpha value is -1.99. The number of hydrogen-bond donors (Lipinski definition) is 0. The van der Waals surface area contributed by atoms with Crippen LogP contribution in [0.2, 0.25) is 0 Å². The van der Waals surface area contributed by atoms with Gasteiger partial charge < -0.3 is 14.4 Å². The van der Waals surface area contributed by atoms with E-state index in [1.54, 1.807) is 7.11 Å². The molecule has 3 heterocycles. The average Bonchev–Trinajstić information content (AvgIpc) is 2.91. The van der Waals surface area contributed by atoms with Gasteiger partial charge in [-0.2, -0.15) is 5.10 Å². The van der Waals surface area contributed by atoms with Gasteiger partial charge in [0.05, 0.1) is 37.3 Å². The standard InChI is InChI=1S/C20H31N5O2/c1-14-9-15(2)25(23-14)12-17-11-24(7-8-27-17)18-10-16(13-26-6)21-19(22-18)20(3,4)5/h9-10,17H,7-8,11-13H2,1-6H3. The fourth-order valence-corrected chi connectivity index (χ4v) is 3.29. The third kappa shape index (κ3) is 4.84. The summed E-state index contributed by atoms with van der Waals surface area (Å²) < 4.78 is 13.3. The summed E-state index contributed by atoms with van der Waals surface area (Å²) in [6.07, 6.45) is 0.0793. The van der Waals surface area contributed by atoms with Gasteiger partial charge in [0.15, 0.2) is 0 Å². The number of rotatable bonds is 5. The van der Waals surface area contributed by atoms with E-state index in [2.05, 4.69) is 48.7 Å². The molecule has 0 amide bonds. The van der Waals surface area contributed by atoms with Crippen LogP contribution in [0, 0.1) is 13.8 Å². The van der Waals surface area contributed by atoms with Crippen molar-refractivity contribution in [2.24, 2.45) is 0 Å². The molecule has 0 N–H and O–H groups in total. The largest absolute Gasteiger partial charge is 0.378 e. The van der Waals surface area contributed by atoms with Crippen LogP contribution in [0.5, 0.6) is 0 Å². The second kappa shape index (κ2) is 7.94. The van der Waals surface area contributed by atoms with Gasteiger partial charge in [0.25, 0.3) is 0 Å². The first-order chi connectivity index (χ1) is 12.8. The van der Waals surface area contributed by atoms with E-state index >= 15 is 0 Å². The van der Waals surface area contributed by atoms with Crippen LogP contribution in [-0.2, 0) is 28.0 Å². The normalized spacial score (nSPS) is 18.1. The number of nitrogens with zero attached hydrogens (tertiary/aromatic N) is 5. The first-order valence-corrected chi connectivity index (χ1v) is 9.51. The fourth-order valence-electron chi connectivity index (χ4n) is 3.29. The van der Waals surface area contributed by atoms with Crippen molar-refractivity contribution in [1.82, 2.24) is 19.7 Å². The van der Waals surface area contributed by atoms with Gasteiger partial charge in [-0.05, 0) is 19.9 Å². The molecule has 2 aromatic rings. The Labute approximate surface area is 161 Å². The van der Waals surface area contributed by atoms with Crippen LogP contribution in [-0.4, -0.2) is 52.7 Å². The Morgan fingerprint density at radius 3 is 2.63 bits per heavy atom. The molecule has 27 heavy (non-hydrogen) atoms. The van der Waals surface area contributed by atoms with Gasteiger partial charge in [-0.3, -0.25) is 4.68 Å². The number of aryl methyl sites for hydroxylation is 2. The van der Waals surface area contributed by atoms with Gasteiger partial charge in [0.1, 0.15) is 11.6 Å². The third-order valence-corrected chi connectivity index (χ3v) is 4.67. The Kier molecular flexibility index (Phi) is 5.81. The van der Waals surface area contributed by atoms with Crippen molar-refractivity contribution in [3.05, 3.63) is 35.0 Å². The maximum Gasteiger partial charge on any atom is 0.136 e. The Morgan fingerprint density at radius 1 is 1.22 bits per heavy atom. The zero-order chi connectivity index (χ0) is 19.6. The lowest BCUT2D eigenvalue weighted by Crippen LogP contribution is -2.45. The molecule has 7 heteroatoms. The quantitative estimate of drug-likeness (QED) is 0.803. The SMILES string of the molecule is COCc1cc(N2CCOC(Cn3nc(C)cc3C)C2)nc(C(C)(C)C)n1. The number of ether oxygens (including phenoxy) is 2. The summed E-state index contributed by atoms with van der Waals surface area (Å²) in [7, 11) is 1.69. The topological polar surface area (TPSA) is 65.3 Å². The van der Waals surface area contributed by atoms with E-state index in [1.165, 1.54) is 0 Å². The lowest BCUT2D eigenvalue weighted by atomic mass is 9.95. The number of anilines is 1. The summed E-state index contributed by atoms with van der Waals surface area (Å²) in [6, 6.07) is 4.13. The van der Waals surface area contributed by atoms with E-state index in [0.29, 0.717) is 13.2 Å². The zero-order valence-corrected chi connectivity index (χ0v) is 17.3. The summed E-state index contributed by atoms with van der Waals surface area (Å²) >= 11 is 0. The van der Waals surface area contributed by atoms with E-state index in [4.69, 9.17) is 14.5 Å². The van der Waals surface area contributed by atoms with Crippen LogP contribution < -0.4 is 4.90 Å². The summed E-state index contributed by atoms with van der Waals surface area (Å²) in [4.78, 5) is 11.8. The van der Waals surface area contributed by atoms with Crippen LogP contribution in [0.3, 0.4) is 0 Å². The van der Waals surface area contributed by atoms with Crippen molar-refractivity contribution in [2.45, 2.75) is 59.3 Å². The lowest BCUT2D eigenvalue weighted by Gasteiger charge is -2.34. The smallest absolute Gasteiger partial charge is 0.136 e. The highest BCUT2D eigenvalue weighted by atomic mass is 16.5. The van der Waals surface area contributed by atoms with Gasteiger partial charge >= 0.3 is 0 Å². The summed E-state index contributed by atoms with van der Waals surface area (Å²) in [5, 5.41) is 4.56. The molecule has 3 rings (SSSR count). The summed E-state index contributed by atoms with van der Waals surface area (Å²) in [5.74, 6) is 1.79. The van der Waals surface area contributed by atoms with Crippen LogP contribution in [0.4, 0.5) is 5.82 Å². The number of hydrogen-bond acceptors (Lipinski definition) is 6. The number of morpholine rings is 1. The molecule has 0 aliphatic carbocycles. The van der Waals surface area contributed by atoms with Crippen molar-refractivity contribution >= 4 is 5.82 Å². The zero-order valence-electron chi connectivity index (χ0n) is 17.3. The Bertz CT molecular complexity index is 781. The molecule has 1 fully saturated rings. The molecule has 0 aromatic carbocycles. The predicted octanol–water partition coefficient (Wildman–Crippen LogP) is 2.64. The molecule has 1 aliphatic heterocycles. The molecule has 7 nitrogen and oxygen atoms in total. The molecule has 0 saturated carbocycles. The number of aromatic nitrogens is 4.